The van der Waals surface area contributed by atoms with Crippen LogP contribution >= 0.6 is 28.1 Å². The van der Waals surface area contributed by atoms with Crippen molar-refractivity contribution in [3.63, 3.8) is 0 Å². The molecule has 2 aromatic carbocycles. The van der Waals surface area contributed by atoms with E-state index in [4.69, 9.17) is 12.2 Å². The maximum absolute atomic E-state index is 10.9. The summed E-state index contributed by atoms with van der Waals surface area (Å²) >= 11 is 8.57. The molecule has 0 aliphatic heterocycles. The largest absolute Gasteiger partial charge is 0.332 e. The molecule has 0 amide bonds. The Kier molecular flexibility index (Phi) is 4.87. The smallest absolute Gasteiger partial charge is 0.274 e. The lowest BCUT2D eigenvalue weighted by Gasteiger charge is -2.12. The van der Waals surface area contributed by atoms with Gasteiger partial charge in [0.1, 0.15) is 0 Å². The van der Waals surface area contributed by atoms with E-state index in [2.05, 4.69) is 26.6 Å². The van der Waals surface area contributed by atoms with Crippen molar-refractivity contribution in [1.29, 1.82) is 0 Å². The molecular weight excluding hydrogens is 354 g/mol. The van der Waals surface area contributed by atoms with Crippen LogP contribution in [0.1, 0.15) is 5.56 Å². The highest BCUT2D eigenvalue weighted by Crippen LogP contribution is 2.25. The van der Waals surface area contributed by atoms with Crippen molar-refractivity contribution in [3.8, 4) is 0 Å². The Bertz CT molecular complexity index is 689. The molecular formula is C14H12BrN3O2S. The molecule has 2 N–H and O–H groups in total. The Morgan fingerprint density at radius 2 is 1.86 bits per heavy atom. The van der Waals surface area contributed by atoms with E-state index >= 15 is 0 Å². The van der Waals surface area contributed by atoms with Gasteiger partial charge >= 0.3 is 0 Å². The first-order valence-electron chi connectivity index (χ1n) is 6.05. The summed E-state index contributed by atoms with van der Waals surface area (Å²) < 4.78 is 0.974. The second-order valence-corrected chi connectivity index (χ2v) is 5.62. The number of rotatable bonds is 3. The molecule has 108 valence electrons. The van der Waals surface area contributed by atoms with Crippen molar-refractivity contribution in [2.45, 2.75) is 6.92 Å². The molecule has 0 fully saturated rings. The van der Waals surface area contributed by atoms with Crippen molar-refractivity contribution in [2.75, 3.05) is 10.6 Å². The maximum atomic E-state index is 10.9. The zero-order chi connectivity index (χ0) is 15.4. The molecule has 2 rings (SSSR count). The van der Waals surface area contributed by atoms with E-state index in [0.717, 1.165) is 10.2 Å². The van der Waals surface area contributed by atoms with Crippen LogP contribution in [0.4, 0.5) is 17.1 Å². The van der Waals surface area contributed by atoms with Crippen LogP contribution in [-0.2, 0) is 0 Å². The molecule has 21 heavy (non-hydrogen) atoms. The Hall–Kier alpha value is -1.99. The lowest BCUT2D eigenvalue weighted by Crippen LogP contribution is -2.19. The van der Waals surface area contributed by atoms with Crippen LogP contribution in [0, 0.1) is 17.0 Å². The molecule has 2 aromatic rings. The number of thiocarbonyl (C=S) groups is 1. The highest BCUT2D eigenvalue weighted by molar-refractivity contribution is 9.10. The highest BCUT2D eigenvalue weighted by atomic mass is 79.9. The summed E-state index contributed by atoms with van der Waals surface area (Å²) in [6.07, 6.45) is 0. The van der Waals surface area contributed by atoms with E-state index in [9.17, 15) is 10.1 Å². The van der Waals surface area contributed by atoms with E-state index in [-0.39, 0.29) is 5.69 Å². The number of nitrogens with zero attached hydrogens (tertiary/aromatic N) is 1. The average molecular weight is 366 g/mol. The third kappa shape index (κ3) is 3.99. The van der Waals surface area contributed by atoms with Crippen molar-refractivity contribution in [1.82, 2.24) is 0 Å². The van der Waals surface area contributed by atoms with E-state index in [1.165, 1.54) is 6.07 Å². The number of hydrogen-bond donors (Lipinski definition) is 2. The van der Waals surface area contributed by atoms with Crippen molar-refractivity contribution < 1.29 is 4.92 Å². The molecule has 0 atom stereocenters. The van der Waals surface area contributed by atoms with Crippen molar-refractivity contribution >= 4 is 50.3 Å². The number of hydrogen-bond acceptors (Lipinski definition) is 3. The highest BCUT2D eigenvalue weighted by Gasteiger charge is 2.13. The molecule has 7 heteroatoms. The number of anilines is 2. The molecule has 5 nitrogen and oxygen atoms in total. The van der Waals surface area contributed by atoms with Gasteiger partial charge in [-0.1, -0.05) is 22.0 Å². The number of nitro benzene ring substituents is 1. The second kappa shape index (κ2) is 6.64. The SMILES string of the molecule is Cc1c(NC(=S)Nc2ccc(Br)cc2)cccc1[N+](=O)[O-]. The summed E-state index contributed by atoms with van der Waals surface area (Å²) in [6, 6.07) is 12.4. The fourth-order valence-electron chi connectivity index (χ4n) is 1.77. The monoisotopic (exact) mass is 365 g/mol. The zero-order valence-corrected chi connectivity index (χ0v) is 13.5. The van der Waals surface area contributed by atoms with Gasteiger partial charge in [0.2, 0.25) is 0 Å². The fraction of sp³-hybridized carbons (Fsp3) is 0.0714. The Balaban J connectivity index is 2.11. The molecule has 0 heterocycles. The van der Waals surface area contributed by atoms with Gasteiger partial charge in [-0.2, -0.15) is 0 Å². The van der Waals surface area contributed by atoms with Gasteiger partial charge in [0.05, 0.1) is 16.2 Å². The number of benzene rings is 2. The molecule has 0 unspecified atom stereocenters. The van der Waals surface area contributed by atoms with Crippen LogP contribution in [0.15, 0.2) is 46.9 Å². The Morgan fingerprint density at radius 3 is 2.48 bits per heavy atom. The fourth-order valence-corrected chi connectivity index (χ4v) is 2.27. The molecule has 0 aromatic heterocycles. The van der Waals surface area contributed by atoms with Crippen LogP contribution in [0.3, 0.4) is 0 Å². The molecule has 0 aliphatic carbocycles. The molecule has 0 bridgehead atoms. The number of nitrogens with one attached hydrogen (secondary N) is 2. The lowest BCUT2D eigenvalue weighted by atomic mass is 10.1. The molecule has 0 radical (unpaired) electrons. The summed E-state index contributed by atoms with van der Waals surface area (Å²) in [5, 5.41) is 17.3. The van der Waals surface area contributed by atoms with Gasteiger partial charge in [0.15, 0.2) is 5.11 Å². The first-order chi connectivity index (χ1) is 9.97. The topological polar surface area (TPSA) is 67.2 Å². The minimum absolute atomic E-state index is 0.0615. The molecule has 0 aliphatic rings. The number of nitro groups is 1. The van der Waals surface area contributed by atoms with E-state index in [0.29, 0.717) is 16.4 Å². The van der Waals surface area contributed by atoms with Gasteiger partial charge in [-0.3, -0.25) is 10.1 Å². The predicted octanol–water partition coefficient (Wildman–Crippen LogP) is 4.47. The molecule has 0 saturated carbocycles. The van der Waals surface area contributed by atoms with Gasteiger partial charge in [-0.05, 0) is 49.5 Å². The predicted molar refractivity (Wildman–Crippen MR) is 91.8 cm³/mol. The summed E-state index contributed by atoms with van der Waals surface area (Å²) in [6.45, 7) is 1.68. The number of halogens is 1. The van der Waals surface area contributed by atoms with Gasteiger partial charge in [0.25, 0.3) is 5.69 Å². The van der Waals surface area contributed by atoms with Gasteiger partial charge in [-0.25, -0.2) is 0 Å². The van der Waals surface area contributed by atoms with E-state index in [1.807, 2.05) is 24.3 Å². The minimum Gasteiger partial charge on any atom is -0.332 e. The summed E-state index contributed by atoms with van der Waals surface area (Å²) in [4.78, 5) is 10.5. The van der Waals surface area contributed by atoms with Gasteiger partial charge < -0.3 is 10.6 Å². The maximum Gasteiger partial charge on any atom is 0.274 e. The van der Waals surface area contributed by atoms with Crippen LogP contribution in [0.5, 0.6) is 0 Å². The zero-order valence-electron chi connectivity index (χ0n) is 11.1. The molecule has 0 spiro atoms. The van der Waals surface area contributed by atoms with Crippen LogP contribution in [0.25, 0.3) is 0 Å². The minimum atomic E-state index is -0.411. The van der Waals surface area contributed by atoms with Crippen molar-refractivity contribution in [3.05, 3.63) is 62.6 Å². The quantitative estimate of drug-likeness (QED) is 0.477. The standard InChI is InChI=1S/C14H12BrN3O2S/c1-9-12(3-2-4-13(9)18(19)20)17-14(21)16-11-7-5-10(15)6-8-11/h2-8H,1H3,(H2,16,17,21). The average Bonchev–Trinajstić information content (AvgIpc) is 2.43. The second-order valence-electron chi connectivity index (χ2n) is 4.29. The lowest BCUT2D eigenvalue weighted by molar-refractivity contribution is -0.385. The Labute approximate surface area is 135 Å². The normalized spacial score (nSPS) is 10.0. The third-order valence-electron chi connectivity index (χ3n) is 2.85. The molecule has 0 saturated heterocycles. The first-order valence-corrected chi connectivity index (χ1v) is 7.25. The Morgan fingerprint density at radius 1 is 1.19 bits per heavy atom. The van der Waals surface area contributed by atoms with E-state index < -0.39 is 4.92 Å². The van der Waals surface area contributed by atoms with Gasteiger partial charge in [0, 0.05) is 16.2 Å². The summed E-state index contributed by atoms with van der Waals surface area (Å²) in [7, 11) is 0. The first kappa shape index (κ1) is 15.4. The van der Waals surface area contributed by atoms with Crippen LogP contribution in [-0.4, -0.2) is 10.0 Å². The van der Waals surface area contributed by atoms with Crippen molar-refractivity contribution in [2.24, 2.45) is 0 Å². The summed E-state index contributed by atoms with van der Waals surface area (Å²) in [5.74, 6) is 0. The van der Waals surface area contributed by atoms with Crippen LogP contribution in [0.2, 0.25) is 0 Å². The van der Waals surface area contributed by atoms with Crippen LogP contribution < -0.4 is 10.6 Å². The third-order valence-corrected chi connectivity index (χ3v) is 3.58. The van der Waals surface area contributed by atoms with E-state index in [1.54, 1.807) is 19.1 Å². The summed E-state index contributed by atoms with van der Waals surface area (Å²) in [5.41, 5.74) is 2.05. The van der Waals surface area contributed by atoms with Gasteiger partial charge in [-0.15, -0.1) is 0 Å².